The van der Waals surface area contributed by atoms with Gasteiger partial charge in [-0.05, 0) is 54.6 Å². The van der Waals surface area contributed by atoms with Crippen molar-refractivity contribution in [2.75, 3.05) is 0 Å². The minimum absolute atomic E-state index is 0.127. The second kappa shape index (κ2) is 5.95. The highest BCUT2D eigenvalue weighted by atomic mass is 14.7. The number of hydrogen-bond acceptors (Lipinski definition) is 4. The molecular weight excluding hydrogens is 272 g/mol. The van der Waals surface area contributed by atoms with Crippen molar-refractivity contribution in [1.82, 2.24) is 9.97 Å². The number of benzene rings is 1. The summed E-state index contributed by atoms with van der Waals surface area (Å²) in [4.78, 5) is 8.87. The van der Waals surface area contributed by atoms with Crippen molar-refractivity contribution in [2.24, 2.45) is 11.5 Å². The van der Waals surface area contributed by atoms with Crippen LogP contribution in [0.4, 0.5) is 0 Å². The van der Waals surface area contributed by atoms with Crippen LogP contribution in [-0.2, 0) is 0 Å². The molecule has 0 spiro atoms. The minimum atomic E-state index is -0.127. The van der Waals surface area contributed by atoms with E-state index in [0.29, 0.717) is 0 Å². The third kappa shape index (κ3) is 2.56. The lowest BCUT2D eigenvalue weighted by molar-refractivity contribution is 0.944. The molecule has 0 bridgehead atoms. The van der Waals surface area contributed by atoms with Crippen LogP contribution in [0.1, 0.15) is 12.5 Å². The van der Waals surface area contributed by atoms with Crippen LogP contribution in [0.3, 0.4) is 0 Å². The molecule has 4 heteroatoms. The largest absolute Gasteiger partial charge is 0.404 e. The van der Waals surface area contributed by atoms with Gasteiger partial charge in [-0.1, -0.05) is 12.1 Å². The van der Waals surface area contributed by atoms with Gasteiger partial charge < -0.3 is 11.5 Å². The standard InChI is InChI=1S/C18H18N4/c1-12(20)16(11-19)13-5-6-18-15(10-13)14(7-9-22-18)17-4-2-3-8-21-17/h2-12H,19-20H2,1H3/b16-11+. The van der Waals surface area contributed by atoms with E-state index in [2.05, 4.69) is 16.0 Å². The summed E-state index contributed by atoms with van der Waals surface area (Å²) in [6.07, 6.45) is 5.17. The summed E-state index contributed by atoms with van der Waals surface area (Å²) < 4.78 is 0. The SMILES string of the molecule is CC(N)/C(=C\N)c1ccc2nccc(-c3ccccn3)c2c1. The Labute approximate surface area is 129 Å². The molecule has 2 aromatic heterocycles. The Morgan fingerprint density at radius 3 is 2.64 bits per heavy atom. The second-order valence-electron chi connectivity index (χ2n) is 5.22. The van der Waals surface area contributed by atoms with Crippen LogP contribution in [0.15, 0.2) is 61.1 Å². The smallest absolute Gasteiger partial charge is 0.0709 e. The van der Waals surface area contributed by atoms with Crippen LogP contribution in [0, 0.1) is 0 Å². The van der Waals surface area contributed by atoms with E-state index in [1.165, 1.54) is 0 Å². The molecule has 0 aliphatic rings. The summed E-state index contributed by atoms with van der Waals surface area (Å²) in [7, 11) is 0. The highest BCUT2D eigenvalue weighted by molar-refractivity contribution is 5.95. The molecule has 0 fully saturated rings. The Morgan fingerprint density at radius 1 is 1.09 bits per heavy atom. The van der Waals surface area contributed by atoms with Crippen LogP contribution < -0.4 is 11.5 Å². The summed E-state index contributed by atoms with van der Waals surface area (Å²) in [5.41, 5.74) is 16.5. The maximum absolute atomic E-state index is 6.00. The number of aromatic nitrogens is 2. The van der Waals surface area contributed by atoms with Gasteiger partial charge in [0, 0.05) is 29.4 Å². The molecule has 1 unspecified atom stereocenters. The van der Waals surface area contributed by atoms with Gasteiger partial charge in [0.1, 0.15) is 0 Å². The molecule has 0 amide bonds. The third-order valence-electron chi connectivity index (χ3n) is 3.69. The van der Waals surface area contributed by atoms with E-state index in [4.69, 9.17) is 11.5 Å². The number of hydrogen-bond donors (Lipinski definition) is 2. The van der Waals surface area contributed by atoms with Crippen LogP contribution in [0.2, 0.25) is 0 Å². The van der Waals surface area contributed by atoms with Gasteiger partial charge in [-0.2, -0.15) is 0 Å². The molecule has 0 aliphatic heterocycles. The van der Waals surface area contributed by atoms with Crippen molar-refractivity contribution in [3.63, 3.8) is 0 Å². The zero-order chi connectivity index (χ0) is 15.5. The maximum Gasteiger partial charge on any atom is 0.0709 e. The fourth-order valence-corrected chi connectivity index (χ4v) is 2.58. The number of fused-ring (bicyclic) bond motifs is 1. The van der Waals surface area contributed by atoms with Crippen LogP contribution in [0.5, 0.6) is 0 Å². The quantitative estimate of drug-likeness (QED) is 0.777. The zero-order valence-corrected chi connectivity index (χ0v) is 12.4. The molecule has 4 N–H and O–H groups in total. The van der Waals surface area contributed by atoms with Crippen molar-refractivity contribution in [3.05, 3.63) is 66.6 Å². The van der Waals surface area contributed by atoms with Crippen molar-refractivity contribution in [1.29, 1.82) is 0 Å². The van der Waals surface area contributed by atoms with Crippen LogP contribution in [-0.4, -0.2) is 16.0 Å². The molecule has 2 heterocycles. The lowest BCUT2D eigenvalue weighted by Gasteiger charge is -2.13. The predicted molar refractivity (Wildman–Crippen MR) is 90.8 cm³/mol. The number of nitrogens with zero attached hydrogens (tertiary/aromatic N) is 2. The molecule has 3 rings (SSSR count). The first kappa shape index (κ1) is 14.2. The molecule has 0 saturated heterocycles. The fraction of sp³-hybridized carbons (Fsp3) is 0.111. The Balaban J connectivity index is 2.23. The highest BCUT2D eigenvalue weighted by Gasteiger charge is 2.10. The van der Waals surface area contributed by atoms with E-state index in [-0.39, 0.29) is 6.04 Å². The van der Waals surface area contributed by atoms with Crippen molar-refractivity contribution < 1.29 is 0 Å². The zero-order valence-electron chi connectivity index (χ0n) is 12.4. The van der Waals surface area contributed by atoms with E-state index in [1.54, 1.807) is 18.6 Å². The first-order chi connectivity index (χ1) is 10.7. The van der Waals surface area contributed by atoms with E-state index < -0.39 is 0 Å². The van der Waals surface area contributed by atoms with Gasteiger partial charge in [-0.25, -0.2) is 0 Å². The molecule has 110 valence electrons. The summed E-state index contributed by atoms with van der Waals surface area (Å²) >= 11 is 0. The average Bonchev–Trinajstić information content (AvgIpc) is 2.55. The molecule has 0 radical (unpaired) electrons. The molecule has 22 heavy (non-hydrogen) atoms. The maximum atomic E-state index is 6.00. The number of rotatable bonds is 3. The van der Waals surface area contributed by atoms with Gasteiger partial charge in [0.2, 0.25) is 0 Å². The molecule has 4 nitrogen and oxygen atoms in total. The van der Waals surface area contributed by atoms with Gasteiger partial charge in [0.05, 0.1) is 11.2 Å². The normalized spacial score (nSPS) is 13.3. The minimum Gasteiger partial charge on any atom is -0.404 e. The van der Waals surface area contributed by atoms with E-state index in [1.807, 2.05) is 43.3 Å². The van der Waals surface area contributed by atoms with Crippen molar-refractivity contribution >= 4 is 16.5 Å². The monoisotopic (exact) mass is 290 g/mol. The topological polar surface area (TPSA) is 77.8 Å². The molecule has 1 atom stereocenters. The molecule has 0 aliphatic carbocycles. The van der Waals surface area contributed by atoms with Gasteiger partial charge >= 0.3 is 0 Å². The molecular formula is C18H18N4. The molecule has 3 aromatic rings. The van der Waals surface area contributed by atoms with Gasteiger partial charge in [-0.3, -0.25) is 9.97 Å². The summed E-state index contributed by atoms with van der Waals surface area (Å²) in [6, 6.07) is 13.8. The predicted octanol–water partition coefficient (Wildman–Crippen LogP) is 2.94. The van der Waals surface area contributed by atoms with Gasteiger partial charge in [0.15, 0.2) is 0 Å². The Morgan fingerprint density at radius 2 is 1.95 bits per heavy atom. The molecule has 0 saturated carbocycles. The Bertz CT molecular complexity index is 823. The molecule has 1 aromatic carbocycles. The Kier molecular flexibility index (Phi) is 3.85. The van der Waals surface area contributed by atoms with E-state index in [0.717, 1.165) is 33.3 Å². The lowest BCUT2D eigenvalue weighted by Crippen LogP contribution is -2.18. The van der Waals surface area contributed by atoms with E-state index in [9.17, 15) is 0 Å². The lowest BCUT2D eigenvalue weighted by atomic mass is 9.97. The van der Waals surface area contributed by atoms with Crippen LogP contribution >= 0.6 is 0 Å². The summed E-state index contributed by atoms with van der Waals surface area (Å²) in [6.45, 7) is 1.92. The van der Waals surface area contributed by atoms with Gasteiger partial charge in [0.25, 0.3) is 0 Å². The Hall–Kier alpha value is -2.72. The third-order valence-corrected chi connectivity index (χ3v) is 3.69. The van der Waals surface area contributed by atoms with E-state index >= 15 is 0 Å². The second-order valence-corrected chi connectivity index (χ2v) is 5.22. The first-order valence-electron chi connectivity index (χ1n) is 7.18. The number of nitrogens with two attached hydrogens (primary N) is 2. The highest BCUT2D eigenvalue weighted by Crippen LogP contribution is 2.29. The first-order valence-corrected chi connectivity index (χ1v) is 7.18. The van der Waals surface area contributed by atoms with Crippen LogP contribution in [0.25, 0.3) is 27.7 Å². The summed E-state index contributed by atoms with van der Waals surface area (Å²) in [5, 5.41) is 1.04. The number of pyridine rings is 2. The summed E-state index contributed by atoms with van der Waals surface area (Å²) in [5.74, 6) is 0. The van der Waals surface area contributed by atoms with Crippen molar-refractivity contribution in [2.45, 2.75) is 13.0 Å². The average molecular weight is 290 g/mol. The van der Waals surface area contributed by atoms with Crippen molar-refractivity contribution in [3.8, 4) is 11.3 Å². The fourth-order valence-electron chi connectivity index (χ4n) is 2.58. The van der Waals surface area contributed by atoms with Gasteiger partial charge in [-0.15, -0.1) is 0 Å².